The van der Waals surface area contributed by atoms with Gasteiger partial charge in [0, 0.05) is 58.5 Å². The number of aliphatic hydroxyl groups is 3. The van der Waals surface area contributed by atoms with Crippen molar-refractivity contribution in [1.29, 1.82) is 0 Å². The summed E-state index contributed by atoms with van der Waals surface area (Å²) in [5.74, 6) is -7.34. The number of Topliss-reactive ketones (excluding diaryl/α,β-unsaturated/α-hetero) is 3. The minimum atomic E-state index is -2.43. The number of hydrogen-bond acceptors (Lipinski definition) is 15. The van der Waals surface area contributed by atoms with Crippen LogP contribution in [0.15, 0.2) is 108 Å². The van der Waals surface area contributed by atoms with Crippen LogP contribution in [0.3, 0.4) is 0 Å². The van der Waals surface area contributed by atoms with E-state index in [1.165, 1.54) is 56.3 Å². The Morgan fingerprint density at radius 1 is 0.727 bits per heavy atom. The van der Waals surface area contributed by atoms with Crippen molar-refractivity contribution in [2.45, 2.75) is 199 Å². The third kappa shape index (κ3) is 16.2. The molecule has 1 amide bonds. The van der Waals surface area contributed by atoms with Gasteiger partial charge in [-0.3, -0.25) is 29.7 Å². The van der Waals surface area contributed by atoms with Gasteiger partial charge in [0.2, 0.25) is 5.79 Å². The molecule has 88 heavy (non-hydrogen) atoms. The average Bonchev–Trinajstić information content (AvgIpc) is 2.39. The Balaban J connectivity index is 0.000000393. The number of benzene rings is 4. The van der Waals surface area contributed by atoms with Gasteiger partial charge in [0.15, 0.2) is 5.78 Å². The number of hydrogen-bond donors (Lipinski definition) is 5. The largest absolute Gasteiger partial charge is 0.460 e. The second-order valence-corrected chi connectivity index (χ2v) is 25.9. The van der Waals surface area contributed by atoms with Crippen LogP contribution in [0.5, 0.6) is 0 Å². The Labute approximate surface area is 519 Å². The SMILES string of the molecule is CC1Cc2cccc3cc4c(ccc5ccccc54)c1c23.CO[C@H]1C[C@@H]2CC[C@@H](C)[C@@](O)(O2)C(=O)C(=O)N2CCCC[C@H]2C(=O)O[C@H]([C@H](C)C[C@@H]2CC[C@@H](O)[C@H](OC)C2)CC(=O)[C@H](C)/C=C(\C)[C@@H](O)[C@@H](OC)C(=O)[C@H](C)C[C@H](C)/C=C/C=CC=C1C.OO. The number of allylic oxidation sites excluding steroid dienone is 6. The lowest BCUT2D eigenvalue weighted by Gasteiger charge is -2.42. The van der Waals surface area contributed by atoms with Crippen LogP contribution in [-0.4, -0.2) is 142 Å². The van der Waals surface area contributed by atoms with Gasteiger partial charge < -0.3 is 43.9 Å². The molecule has 16 nitrogen and oxygen atoms in total. The molecule has 4 aromatic rings. The highest BCUT2D eigenvalue weighted by Crippen LogP contribution is 2.45. The number of amides is 1. The molecule has 16 heteroatoms. The highest BCUT2D eigenvalue weighted by Gasteiger charge is 2.53. The molecule has 480 valence electrons. The summed E-state index contributed by atoms with van der Waals surface area (Å²) < 4.78 is 29.4. The van der Waals surface area contributed by atoms with E-state index in [9.17, 15) is 39.3 Å². The number of carbonyl (C=O) groups excluding carboxylic acids is 5. The summed E-state index contributed by atoms with van der Waals surface area (Å²) in [5.41, 5.74) is 4.34. The quantitative estimate of drug-likeness (QED) is 0.0230. The van der Waals surface area contributed by atoms with Crippen molar-refractivity contribution >= 4 is 61.5 Å². The van der Waals surface area contributed by atoms with Crippen LogP contribution >= 0.6 is 0 Å². The molecule has 5 aliphatic rings. The molecule has 0 radical (unpaired) electrons. The predicted molar refractivity (Wildman–Crippen MR) is 341 cm³/mol. The van der Waals surface area contributed by atoms with Gasteiger partial charge in [-0.05, 0) is 169 Å². The molecule has 2 bridgehead atoms. The first-order chi connectivity index (χ1) is 42.1. The lowest BCUT2D eigenvalue weighted by Crippen LogP contribution is -2.61. The molecule has 4 aromatic carbocycles. The van der Waals surface area contributed by atoms with E-state index in [4.69, 9.17) is 34.2 Å². The fraction of sp³-hybridized carbons (Fsp3) is 0.569. The van der Waals surface area contributed by atoms with Crippen molar-refractivity contribution < 1.29 is 73.5 Å². The average molecular weight is 1220 g/mol. The van der Waals surface area contributed by atoms with Gasteiger partial charge in [-0.1, -0.05) is 133 Å². The molecule has 2 saturated heterocycles. The number of carbonyl (C=O) groups is 5. The summed E-state index contributed by atoms with van der Waals surface area (Å²) in [5, 5.41) is 54.3. The maximum absolute atomic E-state index is 14.4. The third-order valence-corrected chi connectivity index (χ3v) is 19.5. The molecule has 0 aromatic heterocycles. The number of rotatable bonds is 6. The molecule has 1 unspecified atom stereocenters. The van der Waals surface area contributed by atoms with E-state index in [2.05, 4.69) is 67.6 Å². The third-order valence-electron chi connectivity index (χ3n) is 19.5. The first-order valence-electron chi connectivity index (χ1n) is 31.8. The van der Waals surface area contributed by atoms with Crippen LogP contribution in [0.1, 0.15) is 149 Å². The molecule has 3 heterocycles. The number of nitrogens with zero attached hydrogens (tertiary/aromatic N) is 1. The predicted octanol–water partition coefficient (Wildman–Crippen LogP) is 12.0. The smallest absolute Gasteiger partial charge is 0.329 e. The Morgan fingerprint density at radius 3 is 2.19 bits per heavy atom. The van der Waals surface area contributed by atoms with Crippen molar-refractivity contribution in [2.24, 2.45) is 35.5 Å². The maximum Gasteiger partial charge on any atom is 0.329 e. The Bertz CT molecular complexity index is 3200. The summed E-state index contributed by atoms with van der Waals surface area (Å²) in [4.78, 5) is 71.8. The van der Waals surface area contributed by atoms with E-state index in [1.54, 1.807) is 46.6 Å². The first kappa shape index (κ1) is 69.7. The minimum absolute atomic E-state index is 0.0193. The lowest BCUT2D eigenvalue weighted by molar-refractivity contribution is -0.265. The van der Waals surface area contributed by atoms with Crippen LogP contribution in [0.4, 0.5) is 0 Å². The monoisotopic (exact) mass is 1220 g/mol. The van der Waals surface area contributed by atoms with Gasteiger partial charge in [-0.15, -0.1) is 0 Å². The van der Waals surface area contributed by atoms with Crippen molar-refractivity contribution in [1.82, 2.24) is 4.90 Å². The molecule has 1 saturated carbocycles. The number of piperidine rings is 1. The number of ether oxygens (including phenoxy) is 5. The van der Waals surface area contributed by atoms with Crippen molar-refractivity contribution in [3.8, 4) is 0 Å². The molecular formula is C72H97NO15. The molecular weight excluding hydrogens is 1120 g/mol. The summed E-state index contributed by atoms with van der Waals surface area (Å²) in [6, 6.07) is 21.3. The summed E-state index contributed by atoms with van der Waals surface area (Å²) in [6.45, 7) is 15.1. The minimum Gasteiger partial charge on any atom is -0.460 e. The van der Waals surface area contributed by atoms with Crippen LogP contribution in [0.25, 0.3) is 32.3 Å². The zero-order chi connectivity index (χ0) is 64.1. The van der Waals surface area contributed by atoms with E-state index in [1.807, 2.05) is 58.1 Å². The highest BCUT2D eigenvalue weighted by molar-refractivity contribution is 6.39. The molecule has 5 N–H and O–H groups in total. The highest BCUT2D eigenvalue weighted by atomic mass is 17.0. The van der Waals surface area contributed by atoms with Crippen LogP contribution in [0, 0.1) is 35.5 Å². The van der Waals surface area contributed by atoms with Crippen LogP contribution in [-0.2, 0) is 54.1 Å². The normalized spacial score (nSPS) is 33.0. The number of methoxy groups -OCH3 is 3. The molecule has 0 spiro atoms. The van der Waals surface area contributed by atoms with E-state index in [0.29, 0.717) is 69.3 Å². The number of aliphatic hydroxyl groups excluding tert-OH is 2. The second-order valence-electron chi connectivity index (χ2n) is 25.9. The Hall–Kier alpha value is -5.79. The number of fused-ring (bicyclic) bond motifs is 7. The van der Waals surface area contributed by atoms with Crippen molar-refractivity contribution in [2.75, 3.05) is 27.9 Å². The summed E-state index contributed by atoms with van der Waals surface area (Å²) in [6.07, 6.45) is 12.4. The van der Waals surface area contributed by atoms with E-state index < -0.39 is 83.9 Å². The zero-order valence-corrected chi connectivity index (χ0v) is 53.6. The second kappa shape index (κ2) is 31.8. The number of esters is 1. The first-order valence-corrected chi connectivity index (χ1v) is 31.8. The molecule has 3 fully saturated rings. The van der Waals surface area contributed by atoms with Gasteiger partial charge in [0.05, 0.1) is 24.4 Å². The van der Waals surface area contributed by atoms with Crippen molar-refractivity contribution in [3.63, 3.8) is 0 Å². The summed E-state index contributed by atoms with van der Waals surface area (Å²) in [7, 11) is 4.52. The van der Waals surface area contributed by atoms with Gasteiger partial charge in [0.25, 0.3) is 11.7 Å². The maximum atomic E-state index is 14.4. The number of cyclic esters (lactones) is 1. The Morgan fingerprint density at radius 2 is 1.47 bits per heavy atom. The zero-order valence-electron chi connectivity index (χ0n) is 53.6. The molecule has 2 aliphatic carbocycles. The fourth-order valence-electron chi connectivity index (χ4n) is 14.3. The summed E-state index contributed by atoms with van der Waals surface area (Å²) >= 11 is 0. The van der Waals surface area contributed by atoms with Crippen LogP contribution < -0.4 is 0 Å². The lowest BCUT2D eigenvalue weighted by atomic mass is 9.78. The van der Waals surface area contributed by atoms with Gasteiger partial charge >= 0.3 is 5.97 Å². The van der Waals surface area contributed by atoms with Crippen molar-refractivity contribution in [3.05, 3.63) is 119 Å². The molecule has 9 rings (SSSR count). The van der Waals surface area contributed by atoms with Gasteiger partial charge in [-0.2, -0.15) is 0 Å². The van der Waals surface area contributed by atoms with E-state index in [-0.39, 0.29) is 54.8 Å². The number of ketones is 3. The van der Waals surface area contributed by atoms with Gasteiger partial charge in [-0.25, -0.2) is 4.79 Å². The standard InChI is InChI=1S/C51H79NO13.C21H16.H2O2/c1-30-16-12-11-13-17-31(2)42(61-8)28-38-21-19-36(7)51(60,65-38)48(57)49(58)52-23-15-14-18-39(52)50(59)64-43(33(4)26-37-20-22-40(53)44(27-37)62-9)29-41(54)32(3)25-35(6)46(56)47(63-10)45(55)34(5)24-30;1-13-11-15-6-4-7-16-12-19-17-8-3-2-5-14(17)9-10-18(19)20(13)21(15)16;1-2/h11-13,16-17,25,30,32-34,36-40,42-44,46-47,53,56,60H,14-15,18-24,26-29H2,1-10H3;2-10,12-13H,11H2,1H3;1-2H/b13-11?,16-12+,31-17?,35-25+;;/t30-,32-,33-,34-,36-,37+,38+,39+,40-,42+,43+,44-,46-,47+,51-;;/m1../s1. The van der Waals surface area contributed by atoms with Gasteiger partial charge in [0.1, 0.15) is 30.1 Å². The van der Waals surface area contributed by atoms with E-state index in [0.717, 1.165) is 12.0 Å². The molecule has 16 atom stereocenters. The van der Waals surface area contributed by atoms with E-state index >= 15 is 0 Å². The topological polar surface area (TPSA) is 236 Å². The van der Waals surface area contributed by atoms with Crippen LogP contribution in [0.2, 0.25) is 0 Å². The molecule has 3 aliphatic heterocycles. The Kier molecular flexibility index (Phi) is 25.2. The fourth-order valence-corrected chi connectivity index (χ4v) is 14.3.